The molecule has 0 bridgehead atoms. The minimum absolute atomic E-state index is 0.467. The first-order valence-corrected chi connectivity index (χ1v) is 5.08. The van der Waals surface area contributed by atoms with E-state index in [4.69, 9.17) is 17.3 Å². The zero-order valence-electron chi connectivity index (χ0n) is 8.15. The number of pyridine rings is 1. The first kappa shape index (κ1) is 10.1. The number of benzene rings is 1. The molecule has 0 radical (unpaired) electrons. The van der Waals surface area contributed by atoms with Crippen LogP contribution in [0.1, 0.15) is 5.56 Å². The summed E-state index contributed by atoms with van der Waals surface area (Å²) in [6, 6.07) is 9.66. The highest BCUT2D eigenvalue weighted by molar-refractivity contribution is 6.33. The summed E-state index contributed by atoms with van der Waals surface area (Å²) in [6.45, 7) is 0.467. The molecule has 0 unspecified atom stereocenters. The van der Waals surface area contributed by atoms with Gasteiger partial charge in [0.2, 0.25) is 0 Å². The van der Waals surface area contributed by atoms with Crippen molar-refractivity contribution in [3.63, 3.8) is 0 Å². The zero-order valence-corrected chi connectivity index (χ0v) is 8.91. The third-order valence-electron chi connectivity index (χ3n) is 2.29. The Balaban J connectivity index is 2.59. The zero-order chi connectivity index (χ0) is 10.7. The van der Waals surface area contributed by atoms with Crippen LogP contribution in [0, 0.1) is 0 Å². The van der Waals surface area contributed by atoms with Crippen LogP contribution in [-0.2, 0) is 6.54 Å². The number of halogens is 1. The van der Waals surface area contributed by atoms with Gasteiger partial charge in [-0.15, -0.1) is 0 Å². The maximum absolute atomic E-state index is 6.13. The highest BCUT2D eigenvalue weighted by Crippen LogP contribution is 2.29. The lowest BCUT2D eigenvalue weighted by atomic mass is 10.0. The third-order valence-corrected chi connectivity index (χ3v) is 2.62. The molecule has 0 aliphatic heterocycles. The summed E-state index contributed by atoms with van der Waals surface area (Å²) >= 11 is 6.13. The van der Waals surface area contributed by atoms with Gasteiger partial charge in [0.05, 0.1) is 0 Å². The molecule has 0 saturated heterocycles. The Morgan fingerprint density at radius 3 is 2.67 bits per heavy atom. The minimum atomic E-state index is 0.467. The fourth-order valence-electron chi connectivity index (χ4n) is 1.53. The van der Waals surface area contributed by atoms with E-state index in [-0.39, 0.29) is 0 Å². The van der Waals surface area contributed by atoms with Crippen molar-refractivity contribution in [2.45, 2.75) is 6.54 Å². The molecule has 0 aliphatic carbocycles. The van der Waals surface area contributed by atoms with Crippen molar-refractivity contribution in [2.75, 3.05) is 0 Å². The number of aromatic nitrogens is 1. The van der Waals surface area contributed by atoms with Crippen LogP contribution < -0.4 is 5.73 Å². The van der Waals surface area contributed by atoms with E-state index in [1.54, 1.807) is 12.4 Å². The lowest BCUT2D eigenvalue weighted by molar-refractivity contribution is 1.05. The van der Waals surface area contributed by atoms with E-state index in [0.717, 1.165) is 21.7 Å². The quantitative estimate of drug-likeness (QED) is 0.842. The van der Waals surface area contributed by atoms with Gasteiger partial charge in [-0.1, -0.05) is 29.8 Å². The molecule has 0 fully saturated rings. The number of nitrogens with two attached hydrogens (primary N) is 1. The summed E-state index contributed by atoms with van der Waals surface area (Å²) in [6.07, 6.45) is 3.52. The molecule has 1 aromatic carbocycles. The molecular weight excluding hydrogens is 208 g/mol. The molecule has 15 heavy (non-hydrogen) atoms. The monoisotopic (exact) mass is 218 g/mol. The third kappa shape index (κ3) is 2.01. The van der Waals surface area contributed by atoms with Crippen molar-refractivity contribution in [3.8, 4) is 11.1 Å². The fraction of sp³-hybridized carbons (Fsp3) is 0.0833. The number of rotatable bonds is 2. The Labute approximate surface area is 93.7 Å². The van der Waals surface area contributed by atoms with Crippen molar-refractivity contribution in [2.24, 2.45) is 5.73 Å². The molecule has 1 aromatic heterocycles. The maximum atomic E-state index is 6.13. The largest absolute Gasteiger partial charge is 0.326 e. The van der Waals surface area contributed by atoms with Crippen molar-refractivity contribution < 1.29 is 0 Å². The molecule has 3 heteroatoms. The van der Waals surface area contributed by atoms with Crippen molar-refractivity contribution in [1.82, 2.24) is 4.98 Å². The molecule has 0 spiro atoms. The van der Waals surface area contributed by atoms with Gasteiger partial charge in [-0.3, -0.25) is 4.98 Å². The van der Waals surface area contributed by atoms with E-state index >= 15 is 0 Å². The summed E-state index contributed by atoms with van der Waals surface area (Å²) in [5.41, 5.74) is 8.72. The standard InChI is InChI=1S/C12H11ClN2/c13-12-4-2-1-3-11(12)10-5-6-15-8-9(10)7-14/h1-6,8H,7,14H2. The molecule has 0 saturated carbocycles. The lowest BCUT2D eigenvalue weighted by Gasteiger charge is -2.08. The molecule has 2 aromatic rings. The Morgan fingerprint density at radius 2 is 1.93 bits per heavy atom. The Hall–Kier alpha value is -1.38. The van der Waals surface area contributed by atoms with Gasteiger partial charge in [0.1, 0.15) is 0 Å². The first-order valence-electron chi connectivity index (χ1n) is 4.71. The van der Waals surface area contributed by atoms with Crippen LogP contribution in [-0.4, -0.2) is 4.98 Å². The minimum Gasteiger partial charge on any atom is -0.326 e. The maximum Gasteiger partial charge on any atom is 0.0484 e. The van der Waals surface area contributed by atoms with E-state index in [9.17, 15) is 0 Å². The van der Waals surface area contributed by atoms with Gasteiger partial charge in [0.15, 0.2) is 0 Å². The van der Waals surface area contributed by atoms with Crippen molar-refractivity contribution >= 4 is 11.6 Å². The molecule has 0 aliphatic rings. The summed E-state index contributed by atoms with van der Waals surface area (Å²) in [7, 11) is 0. The topological polar surface area (TPSA) is 38.9 Å². The molecular formula is C12H11ClN2. The van der Waals surface area contributed by atoms with Crippen LogP contribution >= 0.6 is 11.6 Å². The molecule has 2 rings (SSSR count). The molecule has 0 amide bonds. The van der Waals surface area contributed by atoms with Crippen LogP contribution in [0.25, 0.3) is 11.1 Å². The van der Waals surface area contributed by atoms with E-state index in [1.165, 1.54) is 0 Å². The van der Waals surface area contributed by atoms with Gasteiger partial charge in [0.25, 0.3) is 0 Å². The first-order chi connectivity index (χ1) is 7.33. The molecule has 0 atom stereocenters. The summed E-state index contributed by atoms with van der Waals surface area (Å²) in [5.74, 6) is 0. The van der Waals surface area contributed by atoms with Crippen molar-refractivity contribution in [1.29, 1.82) is 0 Å². The van der Waals surface area contributed by atoms with E-state index in [2.05, 4.69) is 4.98 Å². The van der Waals surface area contributed by atoms with Gasteiger partial charge in [-0.05, 0) is 23.3 Å². The van der Waals surface area contributed by atoms with E-state index in [1.807, 2.05) is 30.3 Å². The Kier molecular flexibility index (Phi) is 2.99. The van der Waals surface area contributed by atoms with Crippen LogP contribution in [0.4, 0.5) is 0 Å². The van der Waals surface area contributed by atoms with Crippen LogP contribution in [0.15, 0.2) is 42.7 Å². The van der Waals surface area contributed by atoms with Gasteiger partial charge in [-0.2, -0.15) is 0 Å². The number of hydrogen-bond acceptors (Lipinski definition) is 2. The second kappa shape index (κ2) is 4.43. The van der Waals surface area contributed by atoms with Crippen LogP contribution in [0.3, 0.4) is 0 Å². The van der Waals surface area contributed by atoms with Gasteiger partial charge in [0, 0.05) is 29.5 Å². The predicted molar refractivity (Wildman–Crippen MR) is 62.6 cm³/mol. The van der Waals surface area contributed by atoms with Crippen LogP contribution in [0.5, 0.6) is 0 Å². The smallest absolute Gasteiger partial charge is 0.0484 e. The molecule has 2 N–H and O–H groups in total. The van der Waals surface area contributed by atoms with Crippen LogP contribution in [0.2, 0.25) is 5.02 Å². The summed E-state index contributed by atoms with van der Waals surface area (Å²) in [5, 5.41) is 0.735. The predicted octanol–water partition coefficient (Wildman–Crippen LogP) is 2.86. The fourth-order valence-corrected chi connectivity index (χ4v) is 1.77. The lowest BCUT2D eigenvalue weighted by Crippen LogP contribution is -1.99. The molecule has 76 valence electrons. The van der Waals surface area contributed by atoms with E-state index < -0.39 is 0 Å². The number of hydrogen-bond donors (Lipinski definition) is 1. The highest BCUT2D eigenvalue weighted by atomic mass is 35.5. The van der Waals surface area contributed by atoms with E-state index in [0.29, 0.717) is 6.54 Å². The highest BCUT2D eigenvalue weighted by Gasteiger charge is 2.06. The molecule has 2 nitrogen and oxygen atoms in total. The Morgan fingerprint density at radius 1 is 1.13 bits per heavy atom. The van der Waals surface area contributed by atoms with Crippen molar-refractivity contribution in [3.05, 3.63) is 53.3 Å². The molecule has 1 heterocycles. The summed E-state index contributed by atoms with van der Waals surface area (Å²) in [4.78, 5) is 4.05. The Bertz CT molecular complexity index is 469. The number of nitrogens with zero attached hydrogens (tertiary/aromatic N) is 1. The average Bonchev–Trinajstić information content (AvgIpc) is 2.30. The summed E-state index contributed by atoms with van der Waals surface area (Å²) < 4.78 is 0. The second-order valence-corrected chi connectivity index (χ2v) is 3.62. The van der Waals surface area contributed by atoms with Gasteiger partial charge >= 0.3 is 0 Å². The van der Waals surface area contributed by atoms with Gasteiger partial charge in [-0.25, -0.2) is 0 Å². The van der Waals surface area contributed by atoms with Gasteiger partial charge < -0.3 is 5.73 Å². The normalized spacial score (nSPS) is 10.3. The average molecular weight is 219 g/mol. The SMILES string of the molecule is NCc1cnccc1-c1ccccc1Cl. The second-order valence-electron chi connectivity index (χ2n) is 3.22.